The molecule has 1 nitrogen and oxygen atoms in total. The average molecular weight is 273 g/mol. The second-order valence-corrected chi connectivity index (χ2v) is 8.24. The van der Waals surface area contributed by atoms with Crippen molar-refractivity contribution >= 4 is 0 Å². The monoisotopic (exact) mass is 273 g/mol. The molecule has 5 atom stereocenters. The second kappa shape index (κ2) is 4.15. The molecule has 3 rings (SSSR count). The van der Waals surface area contributed by atoms with Gasteiger partial charge in [-0.05, 0) is 55.3 Å². The molecular weight excluding hydrogens is 242 g/mol. The third-order valence-corrected chi connectivity index (χ3v) is 7.66. The number of rotatable bonds is 2. The third-order valence-electron chi connectivity index (χ3n) is 7.66. The van der Waals surface area contributed by atoms with Crippen molar-refractivity contribution in [3.05, 3.63) is 23.9 Å². The highest BCUT2D eigenvalue weighted by atomic mass is 15.0. The van der Waals surface area contributed by atoms with Gasteiger partial charge in [-0.25, -0.2) is 0 Å². The number of fused-ring (bicyclic) bond motifs is 2. The summed E-state index contributed by atoms with van der Waals surface area (Å²) < 4.78 is 0. The zero-order chi connectivity index (χ0) is 14.8. The van der Waals surface area contributed by atoms with Crippen molar-refractivity contribution in [1.29, 1.82) is 0 Å². The van der Waals surface area contributed by atoms with E-state index >= 15 is 0 Å². The molecular formula is C19H31N. The summed E-state index contributed by atoms with van der Waals surface area (Å²) in [6, 6.07) is 0. The van der Waals surface area contributed by atoms with Crippen LogP contribution >= 0.6 is 0 Å². The van der Waals surface area contributed by atoms with Crippen molar-refractivity contribution in [3.8, 4) is 0 Å². The quantitative estimate of drug-likeness (QED) is 0.705. The Bertz CT molecular complexity index is 476. The van der Waals surface area contributed by atoms with Gasteiger partial charge in [0.1, 0.15) is 0 Å². The molecule has 1 heterocycles. The fourth-order valence-corrected chi connectivity index (χ4v) is 5.78. The summed E-state index contributed by atoms with van der Waals surface area (Å²) in [5, 5.41) is 3.60. The molecule has 2 fully saturated rings. The van der Waals surface area contributed by atoms with E-state index in [9.17, 15) is 0 Å². The van der Waals surface area contributed by atoms with Gasteiger partial charge in [-0.3, -0.25) is 0 Å². The standard InChI is InChI=1S/C19H31N/c1-7-19(13(2)3)9-8-15-10-16-17(5,12-20-16)14(4)11-18(15,19)6/h10,14-15,20H,2,7-9,11-12H2,1,3-6H3. The first kappa shape index (κ1) is 14.2. The molecule has 1 heteroatoms. The molecule has 0 aromatic rings. The van der Waals surface area contributed by atoms with Crippen LogP contribution in [0.1, 0.15) is 60.3 Å². The molecule has 1 N–H and O–H groups in total. The lowest BCUT2D eigenvalue weighted by molar-refractivity contribution is 0.0429. The van der Waals surface area contributed by atoms with E-state index in [1.165, 1.54) is 37.0 Å². The molecule has 1 saturated heterocycles. The van der Waals surface area contributed by atoms with E-state index < -0.39 is 0 Å². The highest BCUT2D eigenvalue weighted by molar-refractivity contribution is 5.31. The van der Waals surface area contributed by atoms with E-state index in [1.807, 2.05) is 0 Å². The van der Waals surface area contributed by atoms with Crippen LogP contribution in [0.5, 0.6) is 0 Å². The van der Waals surface area contributed by atoms with Crippen LogP contribution in [-0.2, 0) is 0 Å². The summed E-state index contributed by atoms with van der Waals surface area (Å²) in [5.41, 5.74) is 4.10. The maximum Gasteiger partial charge on any atom is 0.0267 e. The number of hydrogen-bond donors (Lipinski definition) is 1. The zero-order valence-electron chi connectivity index (χ0n) is 14.0. The molecule has 2 aliphatic carbocycles. The minimum atomic E-state index is 0.350. The third kappa shape index (κ3) is 1.45. The van der Waals surface area contributed by atoms with Gasteiger partial charge in [-0.2, -0.15) is 0 Å². The lowest BCUT2D eigenvalue weighted by atomic mass is 9.55. The predicted octanol–water partition coefficient (Wildman–Crippen LogP) is 4.91. The van der Waals surface area contributed by atoms with Crippen LogP contribution in [0.2, 0.25) is 0 Å². The fraction of sp³-hybridized carbons (Fsp3) is 0.789. The number of nitrogens with one attached hydrogen (secondary N) is 1. The summed E-state index contributed by atoms with van der Waals surface area (Å²) in [6.45, 7) is 17.7. The van der Waals surface area contributed by atoms with Crippen molar-refractivity contribution in [2.75, 3.05) is 6.54 Å². The number of allylic oxidation sites excluding steroid dienone is 2. The Labute approximate surface area is 124 Å². The molecule has 5 unspecified atom stereocenters. The smallest absolute Gasteiger partial charge is 0.0267 e. The lowest BCUT2D eigenvalue weighted by Gasteiger charge is -2.50. The van der Waals surface area contributed by atoms with Gasteiger partial charge in [0.25, 0.3) is 0 Å². The van der Waals surface area contributed by atoms with Gasteiger partial charge in [0.05, 0.1) is 0 Å². The van der Waals surface area contributed by atoms with Gasteiger partial charge in [-0.1, -0.05) is 45.9 Å². The summed E-state index contributed by atoms with van der Waals surface area (Å²) in [6.07, 6.45) is 7.86. The normalized spacial score (nSPS) is 50.1. The Kier molecular flexibility index (Phi) is 2.95. The van der Waals surface area contributed by atoms with E-state index in [1.54, 1.807) is 0 Å². The first-order valence-electron chi connectivity index (χ1n) is 8.42. The SMILES string of the molecule is C=C(C)C1(CC)CCC2C=C3NCC3(C)C(C)CC21C. The van der Waals surface area contributed by atoms with Crippen molar-refractivity contribution in [2.45, 2.75) is 60.3 Å². The van der Waals surface area contributed by atoms with Gasteiger partial charge in [-0.15, -0.1) is 0 Å². The number of hydrogen-bond acceptors (Lipinski definition) is 1. The van der Waals surface area contributed by atoms with E-state index in [0.29, 0.717) is 16.2 Å². The predicted molar refractivity (Wildman–Crippen MR) is 86.3 cm³/mol. The molecule has 3 aliphatic rings. The van der Waals surface area contributed by atoms with Crippen LogP contribution in [0.4, 0.5) is 0 Å². The maximum absolute atomic E-state index is 4.41. The molecule has 1 aliphatic heterocycles. The van der Waals surface area contributed by atoms with E-state index in [-0.39, 0.29) is 0 Å². The summed E-state index contributed by atoms with van der Waals surface area (Å²) in [7, 11) is 0. The van der Waals surface area contributed by atoms with Crippen molar-refractivity contribution in [3.63, 3.8) is 0 Å². The average Bonchev–Trinajstić information content (AvgIpc) is 2.64. The molecule has 0 bridgehead atoms. The van der Waals surface area contributed by atoms with Crippen molar-refractivity contribution in [2.24, 2.45) is 28.1 Å². The molecule has 112 valence electrons. The van der Waals surface area contributed by atoms with Crippen LogP contribution in [0.3, 0.4) is 0 Å². The molecule has 0 amide bonds. The summed E-state index contributed by atoms with van der Waals surface area (Å²) >= 11 is 0. The van der Waals surface area contributed by atoms with E-state index in [2.05, 4.69) is 52.6 Å². The minimum Gasteiger partial charge on any atom is -0.387 e. The Morgan fingerprint density at radius 3 is 2.65 bits per heavy atom. The molecule has 0 aromatic heterocycles. The Hall–Kier alpha value is -0.720. The Balaban J connectivity index is 2.08. The van der Waals surface area contributed by atoms with Crippen LogP contribution in [-0.4, -0.2) is 6.54 Å². The van der Waals surface area contributed by atoms with Crippen LogP contribution in [0.25, 0.3) is 0 Å². The van der Waals surface area contributed by atoms with Crippen LogP contribution in [0, 0.1) is 28.1 Å². The first-order chi connectivity index (χ1) is 9.30. The van der Waals surface area contributed by atoms with E-state index in [0.717, 1.165) is 18.4 Å². The Morgan fingerprint density at radius 1 is 1.45 bits per heavy atom. The fourth-order valence-electron chi connectivity index (χ4n) is 5.78. The van der Waals surface area contributed by atoms with E-state index in [4.69, 9.17) is 0 Å². The summed E-state index contributed by atoms with van der Waals surface area (Å²) in [4.78, 5) is 0. The minimum absolute atomic E-state index is 0.350. The molecule has 20 heavy (non-hydrogen) atoms. The lowest BCUT2D eigenvalue weighted by Crippen LogP contribution is -2.52. The largest absolute Gasteiger partial charge is 0.387 e. The zero-order valence-corrected chi connectivity index (χ0v) is 14.0. The second-order valence-electron chi connectivity index (χ2n) is 8.24. The van der Waals surface area contributed by atoms with Gasteiger partial charge in [0, 0.05) is 17.7 Å². The summed E-state index contributed by atoms with van der Waals surface area (Å²) in [5.74, 6) is 1.49. The first-order valence-corrected chi connectivity index (χ1v) is 8.42. The van der Waals surface area contributed by atoms with Crippen molar-refractivity contribution < 1.29 is 0 Å². The highest BCUT2D eigenvalue weighted by Crippen LogP contribution is 2.67. The maximum atomic E-state index is 4.41. The van der Waals surface area contributed by atoms with Crippen LogP contribution < -0.4 is 5.32 Å². The molecule has 0 spiro atoms. The topological polar surface area (TPSA) is 12.0 Å². The van der Waals surface area contributed by atoms with Gasteiger partial charge in [0.2, 0.25) is 0 Å². The van der Waals surface area contributed by atoms with Gasteiger partial charge >= 0.3 is 0 Å². The van der Waals surface area contributed by atoms with Crippen LogP contribution in [0.15, 0.2) is 23.9 Å². The molecule has 1 saturated carbocycles. The highest BCUT2D eigenvalue weighted by Gasteiger charge is 2.60. The van der Waals surface area contributed by atoms with Crippen molar-refractivity contribution in [1.82, 2.24) is 5.32 Å². The Morgan fingerprint density at radius 2 is 2.15 bits per heavy atom. The van der Waals surface area contributed by atoms with Gasteiger partial charge < -0.3 is 5.32 Å². The van der Waals surface area contributed by atoms with Gasteiger partial charge in [0.15, 0.2) is 0 Å². The molecule has 0 radical (unpaired) electrons. The molecule has 0 aromatic carbocycles.